The average molecular weight is 349 g/mol. The van der Waals surface area contributed by atoms with Crippen molar-refractivity contribution in [3.05, 3.63) is 61.6 Å². The van der Waals surface area contributed by atoms with Gasteiger partial charge in [0.05, 0.1) is 20.7 Å². The van der Waals surface area contributed by atoms with E-state index >= 15 is 0 Å². The molecule has 1 aromatic carbocycles. The lowest BCUT2D eigenvalue weighted by Crippen LogP contribution is -2.48. The number of carbonyl (C=O) groups excluding carboxylic acids is 1. The molecule has 0 spiro atoms. The van der Waals surface area contributed by atoms with E-state index in [0.29, 0.717) is 35.0 Å². The summed E-state index contributed by atoms with van der Waals surface area (Å²) in [5.41, 5.74) is 0.666. The summed E-state index contributed by atoms with van der Waals surface area (Å²) in [5, 5.41) is 14.2. The van der Waals surface area contributed by atoms with Crippen LogP contribution in [0.2, 0.25) is 0 Å². The highest BCUT2D eigenvalue weighted by atomic mass is 32.1. The van der Waals surface area contributed by atoms with E-state index < -0.39 is 4.92 Å². The van der Waals surface area contributed by atoms with Crippen molar-refractivity contribution in [1.29, 1.82) is 0 Å². The third kappa shape index (κ3) is 3.15. The van der Waals surface area contributed by atoms with E-state index in [1.807, 2.05) is 0 Å². The number of benzene rings is 1. The van der Waals surface area contributed by atoms with E-state index in [2.05, 4.69) is 5.32 Å². The fourth-order valence-corrected chi connectivity index (χ4v) is 3.80. The Morgan fingerprint density at radius 1 is 1.46 bits per heavy atom. The first-order valence-corrected chi connectivity index (χ1v) is 8.31. The van der Waals surface area contributed by atoms with E-state index in [1.165, 1.54) is 18.2 Å². The third-order valence-corrected chi connectivity index (χ3v) is 5.06. The molecule has 6 nitrogen and oxygen atoms in total. The second-order valence-corrected chi connectivity index (χ2v) is 6.84. The van der Waals surface area contributed by atoms with Crippen LogP contribution in [0.15, 0.2) is 30.3 Å². The Labute approximate surface area is 142 Å². The summed E-state index contributed by atoms with van der Waals surface area (Å²) in [6.07, 6.45) is 0. The average Bonchev–Trinajstić information content (AvgIpc) is 2.96. The molecule has 0 saturated carbocycles. The van der Waals surface area contributed by atoms with Crippen LogP contribution in [0, 0.1) is 22.9 Å². The SMILES string of the molecule is Cc1sc(C(=O)N2CCNCC2c2cccc(F)c2)cc1[N+](=O)[O-]. The molecule has 1 aliphatic heterocycles. The molecule has 1 aromatic heterocycles. The molecular formula is C16H16FN3O3S. The summed E-state index contributed by atoms with van der Waals surface area (Å²) in [5.74, 6) is -0.611. The Hall–Kier alpha value is -2.32. The molecule has 2 heterocycles. The summed E-state index contributed by atoms with van der Waals surface area (Å²) >= 11 is 1.12. The van der Waals surface area contributed by atoms with Crippen LogP contribution in [0.25, 0.3) is 0 Å². The fraction of sp³-hybridized carbons (Fsp3) is 0.312. The number of nitro groups is 1. The van der Waals surface area contributed by atoms with Gasteiger partial charge in [-0.3, -0.25) is 14.9 Å². The van der Waals surface area contributed by atoms with Gasteiger partial charge in [-0.15, -0.1) is 11.3 Å². The van der Waals surface area contributed by atoms with Gasteiger partial charge < -0.3 is 10.2 Å². The Kier molecular flexibility index (Phi) is 4.59. The van der Waals surface area contributed by atoms with Crippen LogP contribution >= 0.6 is 11.3 Å². The Morgan fingerprint density at radius 2 is 2.25 bits per heavy atom. The van der Waals surface area contributed by atoms with Crippen molar-refractivity contribution >= 4 is 22.9 Å². The number of hydrogen-bond donors (Lipinski definition) is 1. The molecule has 0 aliphatic carbocycles. The molecule has 1 fully saturated rings. The zero-order valence-electron chi connectivity index (χ0n) is 13.0. The molecule has 126 valence electrons. The molecule has 0 bridgehead atoms. The quantitative estimate of drug-likeness (QED) is 0.683. The summed E-state index contributed by atoms with van der Waals surface area (Å²) < 4.78 is 13.5. The number of thiophene rings is 1. The Morgan fingerprint density at radius 3 is 2.92 bits per heavy atom. The maximum absolute atomic E-state index is 13.5. The Bertz CT molecular complexity index is 793. The van der Waals surface area contributed by atoms with Crippen LogP contribution in [0.4, 0.5) is 10.1 Å². The molecule has 1 aliphatic rings. The smallest absolute Gasteiger partial charge is 0.283 e. The largest absolute Gasteiger partial charge is 0.328 e. The minimum atomic E-state index is -0.482. The van der Waals surface area contributed by atoms with E-state index in [1.54, 1.807) is 24.0 Å². The number of aryl methyl sites for hydroxylation is 1. The van der Waals surface area contributed by atoms with Crippen molar-refractivity contribution in [2.75, 3.05) is 19.6 Å². The molecule has 1 saturated heterocycles. The van der Waals surface area contributed by atoms with Crippen LogP contribution in [-0.2, 0) is 0 Å². The van der Waals surface area contributed by atoms with Gasteiger partial charge in [-0.2, -0.15) is 0 Å². The minimum Gasteiger partial charge on any atom is -0.328 e. The molecular weight excluding hydrogens is 333 g/mol. The molecule has 8 heteroatoms. The number of amides is 1. The van der Waals surface area contributed by atoms with Gasteiger partial charge in [-0.25, -0.2) is 4.39 Å². The second-order valence-electron chi connectivity index (χ2n) is 5.58. The van der Waals surface area contributed by atoms with Crippen LogP contribution in [0.1, 0.15) is 26.2 Å². The molecule has 3 rings (SSSR count). The third-order valence-electron chi connectivity index (χ3n) is 4.04. The predicted molar refractivity (Wildman–Crippen MR) is 88.8 cm³/mol. The summed E-state index contributed by atoms with van der Waals surface area (Å²) in [6.45, 7) is 3.23. The normalized spacial score (nSPS) is 17.8. The van der Waals surface area contributed by atoms with Gasteiger partial charge in [0.15, 0.2) is 0 Å². The van der Waals surface area contributed by atoms with Crippen molar-refractivity contribution in [2.24, 2.45) is 0 Å². The van der Waals surface area contributed by atoms with Crippen molar-refractivity contribution in [1.82, 2.24) is 10.2 Å². The van der Waals surface area contributed by atoms with Gasteiger partial charge >= 0.3 is 0 Å². The number of rotatable bonds is 3. The topological polar surface area (TPSA) is 75.5 Å². The monoisotopic (exact) mass is 349 g/mol. The number of piperazine rings is 1. The van der Waals surface area contributed by atoms with Gasteiger partial charge in [0.25, 0.3) is 11.6 Å². The van der Waals surface area contributed by atoms with Crippen molar-refractivity contribution in [3.63, 3.8) is 0 Å². The van der Waals surface area contributed by atoms with Gasteiger partial charge in [-0.1, -0.05) is 12.1 Å². The van der Waals surface area contributed by atoms with Crippen molar-refractivity contribution in [3.8, 4) is 0 Å². The highest BCUT2D eigenvalue weighted by Gasteiger charge is 2.31. The summed E-state index contributed by atoms with van der Waals surface area (Å²) in [4.78, 5) is 25.8. The molecule has 0 radical (unpaired) electrons. The molecule has 1 amide bonds. The molecule has 1 atom stereocenters. The van der Waals surface area contributed by atoms with E-state index in [0.717, 1.165) is 11.3 Å². The number of nitrogens with zero attached hydrogens (tertiary/aromatic N) is 2. The van der Waals surface area contributed by atoms with Crippen LogP contribution in [-0.4, -0.2) is 35.4 Å². The first kappa shape index (κ1) is 16.5. The zero-order valence-corrected chi connectivity index (χ0v) is 13.8. The lowest BCUT2D eigenvalue weighted by Gasteiger charge is -2.36. The van der Waals surface area contributed by atoms with E-state index in [-0.39, 0.29) is 23.5 Å². The standard InChI is InChI=1S/C16H16FN3O3S/c1-10-13(20(22)23)8-15(24-10)16(21)19-6-5-18-9-14(19)11-3-2-4-12(17)7-11/h2-4,7-8,14,18H,5-6,9H2,1H3. The van der Waals surface area contributed by atoms with Gasteiger partial charge in [0.1, 0.15) is 5.82 Å². The van der Waals surface area contributed by atoms with Crippen LogP contribution in [0.3, 0.4) is 0 Å². The molecule has 1 N–H and O–H groups in total. The lowest BCUT2D eigenvalue weighted by atomic mass is 10.0. The van der Waals surface area contributed by atoms with Crippen LogP contribution < -0.4 is 5.32 Å². The van der Waals surface area contributed by atoms with Gasteiger partial charge in [0, 0.05) is 25.7 Å². The van der Waals surface area contributed by atoms with E-state index in [4.69, 9.17) is 0 Å². The number of carbonyl (C=O) groups is 1. The highest BCUT2D eigenvalue weighted by Crippen LogP contribution is 2.31. The summed E-state index contributed by atoms with van der Waals surface area (Å²) in [7, 11) is 0. The van der Waals surface area contributed by atoms with Crippen molar-refractivity contribution in [2.45, 2.75) is 13.0 Å². The second kappa shape index (κ2) is 6.66. The summed E-state index contributed by atoms with van der Waals surface area (Å²) in [6, 6.07) is 7.19. The lowest BCUT2D eigenvalue weighted by molar-refractivity contribution is -0.385. The molecule has 2 aromatic rings. The number of hydrogen-bond acceptors (Lipinski definition) is 5. The molecule has 24 heavy (non-hydrogen) atoms. The highest BCUT2D eigenvalue weighted by molar-refractivity contribution is 7.14. The first-order chi connectivity index (χ1) is 11.5. The number of nitrogens with one attached hydrogen (secondary N) is 1. The maximum atomic E-state index is 13.5. The maximum Gasteiger partial charge on any atom is 0.283 e. The Balaban J connectivity index is 1.91. The first-order valence-electron chi connectivity index (χ1n) is 7.49. The van der Waals surface area contributed by atoms with Crippen LogP contribution in [0.5, 0.6) is 0 Å². The van der Waals surface area contributed by atoms with Gasteiger partial charge in [-0.05, 0) is 24.6 Å². The zero-order chi connectivity index (χ0) is 17.3. The minimum absolute atomic E-state index is 0.0409. The molecule has 1 unspecified atom stereocenters. The predicted octanol–water partition coefficient (Wildman–Crippen LogP) is 2.89. The number of halogens is 1. The van der Waals surface area contributed by atoms with E-state index in [9.17, 15) is 19.3 Å². The fourth-order valence-electron chi connectivity index (χ4n) is 2.86. The van der Waals surface area contributed by atoms with Gasteiger partial charge in [0.2, 0.25) is 0 Å². The van der Waals surface area contributed by atoms with Crippen molar-refractivity contribution < 1.29 is 14.1 Å².